The third-order valence-corrected chi connectivity index (χ3v) is 7.44. The van der Waals surface area contributed by atoms with Crippen LogP contribution in [0.15, 0.2) is 43.0 Å². The van der Waals surface area contributed by atoms with E-state index in [9.17, 15) is 32.4 Å². The van der Waals surface area contributed by atoms with Gasteiger partial charge in [0.2, 0.25) is 11.8 Å². The molecule has 1 aromatic rings. The number of hydrogen-bond acceptors (Lipinski definition) is 9. The summed E-state index contributed by atoms with van der Waals surface area (Å²) in [6.07, 6.45) is 0.886. The van der Waals surface area contributed by atoms with Crippen molar-refractivity contribution in [3.05, 3.63) is 48.6 Å². The first kappa shape index (κ1) is 39.8. The van der Waals surface area contributed by atoms with Crippen LogP contribution >= 0.6 is 0 Å². The average molecular weight is 670 g/mol. The Labute approximate surface area is 270 Å². The van der Waals surface area contributed by atoms with Gasteiger partial charge < -0.3 is 30.7 Å². The fourth-order valence-corrected chi connectivity index (χ4v) is 4.64. The zero-order valence-corrected chi connectivity index (χ0v) is 28.0. The number of ether oxygens (including phenoxy) is 2. The molecule has 1 aromatic carbocycles. The number of likely N-dealkylation sites (N-methyl/N-ethyl adjacent to an activating group) is 1. The molecule has 0 aliphatic rings. The summed E-state index contributed by atoms with van der Waals surface area (Å²) >= 11 is 0. The molecular weight excluding hydrogens is 622 g/mol. The molecule has 17 heteroatoms. The van der Waals surface area contributed by atoms with E-state index in [0.29, 0.717) is 22.8 Å². The molecule has 0 aromatic heterocycles. The predicted molar refractivity (Wildman–Crippen MR) is 170 cm³/mol. The molecule has 6 N–H and O–H groups in total. The second-order valence-corrected chi connectivity index (χ2v) is 12.9. The van der Waals surface area contributed by atoms with E-state index < -0.39 is 63.8 Å². The highest BCUT2D eigenvalue weighted by molar-refractivity contribution is 7.87. The number of amides is 5. The number of nitrogens with one attached hydrogen (secondary N) is 6. The van der Waals surface area contributed by atoms with Crippen LogP contribution in [-0.2, 0) is 40.5 Å². The molecule has 258 valence electrons. The molecule has 0 saturated carbocycles. The molecule has 0 saturated heterocycles. The molecule has 0 radical (unpaired) electrons. The summed E-state index contributed by atoms with van der Waals surface area (Å²) in [6, 6.07) is 5.03. The normalized spacial score (nSPS) is 13.4. The average Bonchev–Trinajstić information content (AvgIpc) is 2.97. The summed E-state index contributed by atoms with van der Waals surface area (Å²) in [5, 5.41) is 9.97. The Balaban J connectivity index is 2.96. The molecule has 5 amide bonds. The lowest BCUT2D eigenvalue weighted by Gasteiger charge is -2.26. The fourth-order valence-electron chi connectivity index (χ4n) is 3.72. The Kier molecular flexibility index (Phi) is 16.7. The molecular formula is C29H47N7O9S. The highest BCUT2D eigenvalue weighted by atomic mass is 32.2. The van der Waals surface area contributed by atoms with E-state index in [4.69, 9.17) is 9.47 Å². The van der Waals surface area contributed by atoms with Crippen molar-refractivity contribution in [3.63, 3.8) is 0 Å². The van der Waals surface area contributed by atoms with E-state index in [1.165, 1.54) is 20.0 Å². The number of carbonyl (C=O) groups is 5. The number of hydrogen-bond donors (Lipinski definition) is 6. The standard InChI is InChI=1S/C29H47N7O9S/c1-8-18-44-28(41)32-20(2)24(37)34-36(7)46(42,43)35-23(19-21-14-10-9-11-15-21)26(39)33-22(25(38)30-6)16-12-13-17-31-27(40)45-29(3,4)5/h8-11,14-15,20,22-23,35H,1,12-13,16-19H2,2-7H3,(H,30,38)(H,31,40)(H,32,41)(H,33,39)(H,34,37)/t20-,22-,23+/m0/s1. The van der Waals surface area contributed by atoms with Crippen molar-refractivity contribution in [3.8, 4) is 0 Å². The van der Waals surface area contributed by atoms with Crippen LogP contribution in [0.4, 0.5) is 9.59 Å². The molecule has 0 aliphatic heterocycles. The van der Waals surface area contributed by atoms with Gasteiger partial charge in [-0.1, -0.05) is 43.0 Å². The largest absolute Gasteiger partial charge is 0.445 e. The quantitative estimate of drug-likeness (QED) is 0.0733. The minimum Gasteiger partial charge on any atom is -0.445 e. The third kappa shape index (κ3) is 15.7. The van der Waals surface area contributed by atoms with Crippen molar-refractivity contribution in [1.29, 1.82) is 0 Å². The van der Waals surface area contributed by atoms with Gasteiger partial charge in [0.05, 0.1) is 0 Å². The van der Waals surface area contributed by atoms with Crippen molar-refractivity contribution < 1.29 is 41.9 Å². The highest BCUT2D eigenvalue weighted by Crippen LogP contribution is 2.09. The van der Waals surface area contributed by atoms with E-state index in [1.54, 1.807) is 51.1 Å². The molecule has 16 nitrogen and oxygen atoms in total. The van der Waals surface area contributed by atoms with Gasteiger partial charge in [-0.25, -0.2) is 9.59 Å². The minimum absolute atomic E-state index is 0.0823. The second-order valence-electron chi connectivity index (χ2n) is 11.2. The molecule has 0 unspecified atom stereocenters. The topological polar surface area (TPSA) is 213 Å². The van der Waals surface area contributed by atoms with Crippen LogP contribution in [0.25, 0.3) is 0 Å². The Bertz CT molecular complexity index is 1290. The van der Waals surface area contributed by atoms with Crippen molar-refractivity contribution in [2.45, 2.75) is 77.1 Å². The van der Waals surface area contributed by atoms with Gasteiger partial charge in [-0.05, 0) is 58.9 Å². The molecule has 1 rings (SSSR count). The van der Waals surface area contributed by atoms with E-state index >= 15 is 0 Å². The monoisotopic (exact) mass is 669 g/mol. The number of hydrazine groups is 1. The number of nitrogens with zero attached hydrogens (tertiary/aromatic N) is 1. The van der Waals surface area contributed by atoms with Crippen LogP contribution in [0.5, 0.6) is 0 Å². The lowest BCUT2D eigenvalue weighted by atomic mass is 10.0. The molecule has 0 bridgehead atoms. The SMILES string of the molecule is C=CCOC(=O)N[C@@H](C)C(=O)NN(C)S(=O)(=O)N[C@H](Cc1ccccc1)C(=O)N[C@@H](CCCCNC(=O)OC(C)(C)C)C(=O)NC. The van der Waals surface area contributed by atoms with Gasteiger partial charge in [0.1, 0.15) is 30.3 Å². The second kappa shape index (κ2) is 19.3. The van der Waals surface area contributed by atoms with Crippen LogP contribution in [-0.4, -0.2) is 93.7 Å². The minimum atomic E-state index is -4.52. The predicted octanol–water partition coefficient (Wildman–Crippen LogP) is 0.622. The molecule has 0 spiro atoms. The summed E-state index contributed by atoms with van der Waals surface area (Å²) in [7, 11) is -2.08. The maximum Gasteiger partial charge on any atom is 0.408 e. The van der Waals surface area contributed by atoms with Crippen LogP contribution in [0.2, 0.25) is 0 Å². The van der Waals surface area contributed by atoms with E-state index in [1.807, 2.05) is 0 Å². The number of unbranched alkanes of at least 4 members (excludes halogenated alkanes) is 1. The van der Waals surface area contributed by atoms with Gasteiger partial charge >= 0.3 is 12.2 Å². The summed E-state index contributed by atoms with van der Waals surface area (Å²) in [5.74, 6) is -2.16. The van der Waals surface area contributed by atoms with Crippen LogP contribution in [0.3, 0.4) is 0 Å². The number of rotatable bonds is 18. The Morgan fingerprint density at radius 2 is 1.61 bits per heavy atom. The highest BCUT2D eigenvalue weighted by Gasteiger charge is 2.32. The lowest BCUT2D eigenvalue weighted by molar-refractivity contribution is -0.129. The van der Waals surface area contributed by atoms with Gasteiger partial charge in [-0.2, -0.15) is 13.1 Å². The number of carbonyl (C=O) groups excluding carboxylic acids is 5. The van der Waals surface area contributed by atoms with Gasteiger partial charge in [-0.15, -0.1) is 4.41 Å². The first-order valence-electron chi connectivity index (χ1n) is 14.6. The van der Waals surface area contributed by atoms with Gasteiger partial charge in [0, 0.05) is 20.6 Å². The van der Waals surface area contributed by atoms with Crippen molar-refractivity contribution in [2.75, 3.05) is 27.2 Å². The third-order valence-electron chi connectivity index (χ3n) is 6.05. The van der Waals surface area contributed by atoms with E-state index in [2.05, 4.69) is 38.0 Å². The lowest BCUT2D eigenvalue weighted by Crippen LogP contribution is -2.59. The molecule has 0 fully saturated rings. The van der Waals surface area contributed by atoms with Crippen molar-refractivity contribution in [2.24, 2.45) is 0 Å². The summed E-state index contributed by atoms with van der Waals surface area (Å²) < 4.78 is 39.1. The first-order valence-corrected chi connectivity index (χ1v) is 16.1. The van der Waals surface area contributed by atoms with Crippen molar-refractivity contribution >= 4 is 40.1 Å². The van der Waals surface area contributed by atoms with Crippen LogP contribution in [0, 0.1) is 0 Å². The molecule has 46 heavy (non-hydrogen) atoms. The van der Waals surface area contributed by atoms with Gasteiger partial charge in [0.25, 0.3) is 16.1 Å². The number of alkyl carbamates (subject to hydrolysis) is 2. The molecule has 3 atom stereocenters. The molecule has 0 heterocycles. The Hall–Kier alpha value is -4.22. The smallest absolute Gasteiger partial charge is 0.408 e. The maximum atomic E-state index is 13.5. The van der Waals surface area contributed by atoms with Crippen LogP contribution in [0.1, 0.15) is 52.5 Å². The summed E-state index contributed by atoms with van der Waals surface area (Å²) in [6.45, 7) is 10.1. The summed E-state index contributed by atoms with van der Waals surface area (Å²) in [4.78, 5) is 62.2. The van der Waals surface area contributed by atoms with Gasteiger partial charge in [0.15, 0.2) is 0 Å². The van der Waals surface area contributed by atoms with E-state index in [0.717, 1.165) is 7.05 Å². The fraction of sp³-hybridized carbons (Fsp3) is 0.552. The van der Waals surface area contributed by atoms with E-state index in [-0.39, 0.29) is 26.0 Å². The van der Waals surface area contributed by atoms with Crippen LogP contribution < -0.4 is 31.4 Å². The Morgan fingerprint density at radius 3 is 2.20 bits per heavy atom. The zero-order chi connectivity index (χ0) is 34.9. The first-order chi connectivity index (χ1) is 21.5. The number of benzene rings is 1. The Morgan fingerprint density at radius 1 is 0.957 bits per heavy atom. The van der Waals surface area contributed by atoms with Gasteiger partial charge in [-0.3, -0.25) is 19.8 Å². The summed E-state index contributed by atoms with van der Waals surface area (Å²) in [5.41, 5.74) is 2.11. The van der Waals surface area contributed by atoms with Crippen molar-refractivity contribution in [1.82, 2.24) is 35.8 Å². The molecule has 0 aliphatic carbocycles. The zero-order valence-electron chi connectivity index (χ0n) is 27.2. The maximum absolute atomic E-state index is 13.5.